The lowest BCUT2D eigenvalue weighted by Crippen LogP contribution is -2.05. The zero-order valence-corrected chi connectivity index (χ0v) is 3.94. The van der Waals surface area contributed by atoms with Crippen molar-refractivity contribution in [3.05, 3.63) is 0 Å². The normalized spacial score (nSPS) is 14.5. The van der Waals surface area contributed by atoms with Crippen LogP contribution >= 0.6 is 0 Å². The van der Waals surface area contributed by atoms with Crippen molar-refractivity contribution < 1.29 is 5.11 Å². The van der Waals surface area contributed by atoms with Gasteiger partial charge in [-0.1, -0.05) is 6.92 Å². The molecule has 0 aliphatic carbocycles. The van der Waals surface area contributed by atoms with Crippen molar-refractivity contribution in [1.29, 1.82) is 0 Å². The summed E-state index contributed by atoms with van der Waals surface area (Å²) >= 11 is 0. The van der Waals surface area contributed by atoms with Crippen molar-refractivity contribution in [2.45, 2.75) is 6.92 Å². The number of aliphatic hydroxyl groups excluding tert-OH is 1. The van der Waals surface area contributed by atoms with E-state index in [-0.39, 0.29) is 12.5 Å². The maximum atomic E-state index is 8.21. The molecule has 0 rings (SSSR count). The van der Waals surface area contributed by atoms with Gasteiger partial charge in [-0.15, -0.1) is 0 Å². The van der Waals surface area contributed by atoms with Gasteiger partial charge in [0.25, 0.3) is 0 Å². The number of hydrogen-bond donors (Lipinski definition) is 1. The van der Waals surface area contributed by atoms with E-state index in [9.17, 15) is 0 Å². The van der Waals surface area contributed by atoms with E-state index in [0.717, 1.165) is 0 Å². The molecule has 1 radical (unpaired) electrons. The Morgan fingerprint density at radius 2 is 2.33 bits per heavy atom. The Hall–Kier alpha value is -0.0800. The lowest BCUT2D eigenvalue weighted by Gasteiger charge is -1.97. The lowest BCUT2D eigenvalue weighted by atomic mass is 10.2. The maximum Gasteiger partial charge on any atom is 0.0469 e. The minimum atomic E-state index is 0.142. The van der Waals surface area contributed by atoms with Gasteiger partial charge in [-0.05, 0) is 5.92 Å². The minimum absolute atomic E-state index is 0.142. The third kappa shape index (κ3) is 2.18. The quantitative estimate of drug-likeness (QED) is 0.503. The summed E-state index contributed by atoms with van der Waals surface area (Å²) in [6.07, 6.45) is 0. The molecule has 0 aliphatic heterocycles. The molecular formula is C4H10NO. The average Bonchev–Trinajstić information content (AvgIpc) is 1.65. The predicted octanol–water partition coefficient (Wildman–Crippen LogP) is -0.102. The Bertz CT molecular complexity index is 26.7. The minimum Gasteiger partial charge on any atom is -0.396 e. The molecule has 0 bridgehead atoms. The van der Waals surface area contributed by atoms with Gasteiger partial charge in [0.05, 0.1) is 0 Å². The Labute approximate surface area is 38.0 Å². The molecule has 2 heteroatoms. The number of nitrogens with one attached hydrogen (secondary N) is 1. The summed E-state index contributed by atoms with van der Waals surface area (Å²) in [5, 5.41) is 8.21. The number of rotatable bonds is 2. The third-order valence-electron chi connectivity index (χ3n) is 0.660. The zero-order valence-electron chi connectivity index (χ0n) is 3.94. The molecule has 2 nitrogen and oxygen atoms in total. The van der Waals surface area contributed by atoms with E-state index in [1.165, 1.54) is 0 Å². The summed E-state index contributed by atoms with van der Waals surface area (Å²) in [5.41, 5.74) is 6.65. The Kier molecular flexibility index (Phi) is 3.08. The molecule has 2 N–H and O–H groups in total. The van der Waals surface area contributed by atoms with Gasteiger partial charge < -0.3 is 5.11 Å². The first-order valence-electron chi connectivity index (χ1n) is 2.06. The summed E-state index contributed by atoms with van der Waals surface area (Å²) in [7, 11) is 0. The monoisotopic (exact) mass is 88.1 g/mol. The number of hydrogen-bond acceptors (Lipinski definition) is 1. The molecule has 37 valence electrons. The van der Waals surface area contributed by atoms with Crippen molar-refractivity contribution in [2.24, 2.45) is 5.92 Å². The van der Waals surface area contributed by atoms with E-state index in [4.69, 9.17) is 10.8 Å². The fourth-order valence-corrected chi connectivity index (χ4v) is 0.0645. The van der Waals surface area contributed by atoms with Gasteiger partial charge >= 0.3 is 0 Å². The Morgan fingerprint density at radius 3 is 2.33 bits per heavy atom. The van der Waals surface area contributed by atoms with Crippen LogP contribution in [0.5, 0.6) is 0 Å². The van der Waals surface area contributed by atoms with Gasteiger partial charge in [0.2, 0.25) is 0 Å². The molecule has 0 aromatic rings. The van der Waals surface area contributed by atoms with Gasteiger partial charge in [-0.25, -0.2) is 0 Å². The van der Waals surface area contributed by atoms with Crippen LogP contribution in [-0.2, 0) is 0 Å². The highest BCUT2D eigenvalue weighted by Crippen LogP contribution is 1.84. The van der Waals surface area contributed by atoms with E-state index in [1.54, 1.807) is 0 Å². The summed E-state index contributed by atoms with van der Waals surface area (Å²) in [6, 6.07) is 0. The highest BCUT2D eigenvalue weighted by molar-refractivity contribution is 4.45. The highest BCUT2D eigenvalue weighted by Gasteiger charge is 1.91. The van der Waals surface area contributed by atoms with Crippen LogP contribution in [0.2, 0.25) is 0 Å². The van der Waals surface area contributed by atoms with Gasteiger partial charge in [-0.2, -0.15) is 0 Å². The van der Waals surface area contributed by atoms with Crippen LogP contribution in [0.3, 0.4) is 0 Å². The summed E-state index contributed by atoms with van der Waals surface area (Å²) in [5.74, 6) is 0.157. The molecule has 0 spiro atoms. The second-order valence-electron chi connectivity index (χ2n) is 1.49. The first-order chi connectivity index (χ1) is 2.81. The molecule has 0 unspecified atom stereocenters. The van der Waals surface area contributed by atoms with Gasteiger partial charge in [0.15, 0.2) is 0 Å². The van der Waals surface area contributed by atoms with Gasteiger partial charge in [0, 0.05) is 13.2 Å². The molecule has 0 aliphatic rings. The van der Waals surface area contributed by atoms with E-state index in [0.29, 0.717) is 6.54 Å². The van der Waals surface area contributed by atoms with Gasteiger partial charge in [-0.3, -0.25) is 5.73 Å². The first-order valence-corrected chi connectivity index (χ1v) is 2.06. The van der Waals surface area contributed by atoms with Crippen LogP contribution in [0.15, 0.2) is 0 Å². The molecule has 0 aromatic carbocycles. The fraction of sp³-hybridized carbons (Fsp3) is 1.00. The maximum absolute atomic E-state index is 8.21. The first kappa shape index (κ1) is 5.92. The lowest BCUT2D eigenvalue weighted by molar-refractivity contribution is 0.240. The van der Waals surface area contributed by atoms with Crippen molar-refractivity contribution in [3.63, 3.8) is 0 Å². The highest BCUT2D eigenvalue weighted by atomic mass is 16.3. The summed E-state index contributed by atoms with van der Waals surface area (Å²) in [4.78, 5) is 0. The Balaban J connectivity index is 2.75. The van der Waals surface area contributed by atoms with Crippen LogP contribution in [0.1, 0.15) is 6.92 Å². The second-order valence-corrected chi connectivity index (χ2v) is 1.49. The van der Waals surface area contributed by atoms with Crippen LogP contribution in [0.25, 0.3) is 0 Å². The Morgan fingerprint density at radius 1 is 1.83 bits per heavy atom. The standard InChI is InChI=1S/C4H10NO/c1-4(2-5)3-6/h4-6H,2-3H2,1H3/t4-/m0/s1. The molecule has 1 atom stereocenters. The predicted molar refractivity (Wildman–Crippen MR) is 24.2 cm³/mol. The van der Waals surface area contributed by atoms with E-state index < -0.39 is 0 Å². The smallest absolute Gasteiger partial charge is 0.0469 e. The molecule has 0 saturated carbocycles. The largest absolute Gasteiger partial charge is 0.396 e. The zero-order chi connectivity index (χ0) is 4.99. The van der Waals surface area contributed by atoms with Crippen molar-refractivity contribution in [1.82, 2.24) is 5.73 Å². The molecule has 0 saturated heterocycles. The van der Waals surface area contributed by atoms with Crippen molar-refractivity contribution >= 4 is 0 Å². The summed E-state index contributed by atoms with van der Waals surface area (Å²) in [6.45, 7) is 2.31. The number of aliphatic hydroxyl groups is 1. The van der Waals surface area contributed by atoms with E-state index >= 15 is 0 Å². The van der Waals surface area contributed by atoms with Crippen LogP contribution < -0.4 is 5.73 Å². The topological polar surface area (TPSA) is 44.0 Å². The molecule has 0 fully saturated rings. The van der Waals surface area contributed by atoms with Crippen LogP contribution in [-0.4, -0.2) is 18.3 Å². The summed E-state index contributed by atoms with van der Waals surface area (Å²) < 4.78 is 0. The molecule has 0 aromatic heterocycles. The van der Waals surface area contributed by atoms with Crippen molar-refractivity contribution in [3.8, 4) is 0 Å². The molecule has 6 heavy (non-hydrogen) atoms. The molecule has 0 amide bonds. The second kappa shape index (κ2) is 3.12. The fourth-order valence-electron chi connectivity index (χ4n) is 0.0645. The molecule has 0 heterocycles. The van der Waals surface area contributed by atoms with Crippen LogP contribution in [0.4, 0.5) is 0 Å². The van der Waals surface area contributed by atoms with E-state index in [1.807, 2.05) is 6.92 Å². The van der Waals surface area contributed by atoms with Crippen molar-refractivity contribution in [2.75, 3.05) is 13.2 Å². The average molecular weight is 88.1 g/mol. The SMILES string of the molecule is C[C@@H](C[NH])CO. The molecular weight excluding hydrogens is 78.0 g/mol. The van der Waals surface area contributed by atoms with Crippen LogP contribution in [0, 0.1) is 5.92 Å². The van der Waals surface area contributed by atoms with E-state index in [2.05, 4.69) is 0 Å². The third-order valence-corrected chi connectivity index (χ3v) is 0.660. The van der Waals surface area contributed by atoms with Gasteiger partial charge in [0.1, 0.15) is 0 Å².